The molecule has 0 saturated heterocycles. The Kier molecular flexibility index (Phi) is 4.62. The van der Waals surface area contributed by atoms with E-state index < -0.39 is 11.7 Å². The number of halogens is 1. The number of benzene rings is 2. The highest BCUT2D eigenvalue weighted by Crippen LogP contribution is 2.14. The van der Waals surface area contributed by atoms with E-state index in [9.17, 15) is 9.18 Å². The van der Waals surface area contributed by atoms with Crippen LogP contribution in [0.5, 0.6) is 0 Å². The first-order chi connectivity index (χ1) is 12.1. The van der Waals surface area contributed by atoms with Crippen LogP contribution in [0.3, 0.4) is 0 Å². The first kappa shape index (κ1) is 16.1. The average molecular weight is 333 g/mol. The predicted octanol–water partition coefficient (Wildman–Crippen LogP) is 3.48. The van der Waals surface area contributed by atoms with E-state index in [0.717, 1.165) is 5.69 Å². The van der Waals surface area contributed by atoms with E-state index in [1.165, 1.54) is 30.6 Å². The summed E-state index contributed by atoms with van der Waals surface area (Å²) in [6, 6.07) is 14.4. The number of nitrogens with one attached hydrogen (secondary N) is 2. The minimum atomic E-state index is -0.435. The molecule has 0 aliphatic rings. The summed E-state index contributed by atoms with van der Waals surface area (Å²) in [6.45, 7) is 0. The van der Waals surface area contributed by atoms with Gasteiger partial charge in [0.05, 0.1) is 17.2 Å². The molecule has 0 saturated carbocycles. The molecule has 1 heterocycles. The first-order valence-corrected chi connectivity index (χ1v) is 7.30. The van der Waals surface area contributed by atoms with E-state index in [2.05, 4.69) is 20.6 Å². The lowest BCUT2D eigenvalue weighted by molar-refractivity contribution is 0.102. The van der Waals surface area contributed by atoms with Crippen LogP contribution >= 0.6 is 0 Å². The van der Waals surface area contributed by atoms with Gasteiger partial charge in [-0.1, -0.05) is 6.07 Å². The molecule has 0 aliphatic carbocycles. The molecule has 1 aromatic heterocycles. The van der Waals surface area contributed by atoms with Crippen molar-refractivity contribution in [2.24, 2.45) is 0 Å². The standard InChI is InChI=1S/C18H12FN5O/c19-14-2-1-3-16(8-14)23-17(25)13-10-21-18(22-11-13)24-15-6-4-12(9-20)5-7-15/h1-8,10-11H,(H,23,25)(H,21,22,24). The topological polar surface area (TPSA) is 90.7 Å². The van der Waals surface area contributed by atoms with Gasteiger partial charge in [-0.15, -0.1) is 0 Å². The van der Waals surface area contributed by atoms with Gasteiger partial charge in [0.1, 0.15) is 5.82 Å². The maximum absolute atomic E-state index is 13.1. The third-order valence-electron chi connectivity index (χ3n) is 3.27. The predicted molar refractivity (Wildman–Crippen MR) is 90.8 cm³/mol. The fourth-order valence-corrected chi connectivity index (χ4v) is 2.04. The third kappa shape index (κ3) is 4.14. The molecule has 6 nitrogen and oxygen atoms in total. The SMILES string of the molecule is N#Cc1ccc(Nc2ncc(C(=O)Nc3cccc(F)c3)cn2)cc1. The maximum atomic E-state index is 13.1. The summed E-state index contributed by atoms with van der Waals surface area (Å²) >= 11 is 0. The minimum Gasteiger partial charge on any atom is -0.324 e. The zero-order chi connectivity index (χ0) is 17.6. The van der Waals surface area contributed by atoms with Gasteiger partial charge in [0.2, 0.25) is 5.95 Å². The van der Waals surface area contributed by atoms with Crippen molar-refractivity contribution in [1.82, 2.24) is 9.97 Å². The van der Waals surface area contributed by atoms with Crippen molar-refractivity contribution in [2.75, 3.05) is 10.6 Å². The number of nitrogens with zero attached hydrogens (tertiary/aromatic N) is 3. The summed E-state index contributed by atoms with van der Waals surface area (Å²) in [6.07, 6.45) is 2.74. The molecule has 0 spiro atoms. The summed E-state index contributed by atoms with van der Waals surface area (Å²) < 4.78 is 13.1. The molecule has 0 atom stereocenters. The monoisotopic (exact) mass is 333 g/mol. The van der Waals surface area contributed by atoms with Crippen molar-refractivity contribution in [3.05, 3.63) is 77.9 Å². The lowest BCUT2D eigenvalue weighted by atomic mass is 10.2. The van der Waals surface area contributed by atoms with E-state index in [4.69, 9.17) is 5.26 Å². The van der Waals surface area contributed by atoms with Gasteiger partial charge in [-0.25, -0.2) is 14.4 Å². The third-order valence-corrected chi connectivity index (χ3v) is 3.27. The molecule has 0 unspecified atom stereocenters. The van der Waals surface area contributed by atoms with Crippen molar-refractivity contribution in [3.8, 4) is 6.07 Å². The van der Waals surface area contributed by atoms with E-state index in [1.54, 1.807) is 30.3 Å². The fraction of sp³-hybridized carbons (Fsp3) is 0. The van der Waals surface area contributed by atoms with Crippen molar-refractivity contribution in [2.45, 2.75) is 0 Å². The first-order valence-electron chi connectivity index (χ1n) is 7.30. The molecule has 3 rings (SSSR count). The molecule has 0 fully saturated rings. The Bertz CT molecular complexity index is 933. The Morgan fingerprint density at radius 1 is 1.04 bits per heavy atom. The summed E-state index contributed by atoms with van der Waals surface area (Å²) in [4.78, 5) is 20.3. The zero-order valence-electron chi connectivity index (χ0n) is 12.9. The highest BCUT2D eigenvalue weighted by Gasteiger charge is 2.08. The molecule has 3 aromatic rings. The lowest BCUT2D eigenvalue weighted by Crippen LogP contribution is -2.13. The Balaban J connectivity index is 1.66. The quantitative estimate of drug-likeness (QED) is 0.763. The molecule has 1 amide bonds. The molecular weight excluding hydrogens is 321 g/mol. The molecule has 122 valence electrons. The molecule has 25 heavy (non-hydrogen) atoms. The van der Waals surface area contributed by atoms with E-state index >= 15 is 0 Å². The molecule has 0 bridgehead atoms. The Hall–Kier alpha value is -3.79. The second kappa shape index (κ2) is 7.19. The number of rotatable bonds is 4. The molecule has 0 aliphatic heterocycles. The lowest BCUT2D eigenvalue weighted by Gasteiger charge is -2.07. The largest absolute Gasteiger partial charge is 0.324 e. The van der Waals surface area contributed by atoms with Crippen molar-refractivity contribution in [3.63, 3.8) is 0 Å². The fourth-order valence-electron chi connectivity index (χ4n) is 2.04. The van der Waals surface area contributed by atoms with E-state index in [1.807, 2.05) is 6.07 Å². The number of nitriles is 1. The molecule has 2 N–H and O–H groups in total. The van der Waals surface area contributed by atoms with Gasteiger partial charge in [0.15, 0.2) is 0 Å². The molecular formula is C18H12FN5O. The number of aromatic nitrogens is 2. The van der Waals surface area contributed by atoms with Crippen LogP contribution in [0.2, 0.25) is 0 Å². The minimum absolute atomic E-state index is 0.245. The van der Waals surface area contributed by atoms with Crippen molar-refractivity contribution in [1.29, 1.82) is 5.26 Å². The van der Waals surface area contributed by atoms with Gasteiger partial charge in [-0.2, -0.15) is 5.26 Å². The normalized spacial score (nSPS) is 9.92. The van der Waals surface area contributed by atoms with E-state index in [0.29, 0.717) is 17.2 Å². The van der Waals surface area contributed by atoms with E-state index in [-0.39, 0.29) is 5.56 Å². The highest BCUT2D eigenvalue weighted by atomic mass is 19.1. The maximum Gasteiger partial charge on any atom is 0.258 e. The van der Waals surface area contributed by atoms with Crippen LogP contribution in [-0.2, 0) is 0 Å². The van der Waals surface area contributed by atoms with Gasteiger partial charge in [0, 0.05) is 23.8 Å². The average Bonchev–Trinajstić information content (AvgIpc) is 2.63. The van der Waals surface area contributed by atoms with Gasteiger partial charge in [-0.05, 0) is 42.5 Å². The zero-order valence-corrected chi connectivity index (χ0v) is 12.9. The van der Waals surface area contributed by atoms with Crippen LogP contribution < -0.4 is 10.6 Å². The number of hydrogen-bond donors (Lipinski definition) is 2. The second-order valence-corrected chi connectivity index (χ2v) is 5.07. The van der Waals surface area contributed by atoms with Crippen molar-refractivity contribution >= 4 is 23.2 Å². The van der Waals surface area contributed by atoms with Gasteiger partial charge < -0.3 is 10.6 Å². The number of amides is 1. The van der Waals surface area contributed by atoms with Crippen LogP contribution in [0, 0.1) is 17.1 Å². The summed E-state index contributed by atoms with van der Waals surface area (Å²) in [5, 5.41) is 14.3. The molecule has 7 heteroatoms. The van der Waals surface area contributed by atoms with Crippen molar-refractivity contribution < 1.29 is 9.18 Å². The number of carbonyl (C=O) groups is 1. The molecule has 0 radical (unpaired) electrons. The Labute approximate surface area is 143 Å². The summed E-state index contributed by atoms with van der Waals surface area (Å²) in [5.41, 5.74) is 1.87. The summed E-state index contributed by atoms with van der Waals surface area (Å²) in [5.74, 6) is -0.557. The number of hydrogen-bond acceptors (Lipinski definition) is 5. The number of anilines is 3. The van der Waals surface area contributed by atoms with Crippen LogP contribution in [0.1, 0.15) is 15.9 Å². The summed E-state index contributed by atoms with van der Waals surface area (Å²) in [7, 11) is 0. The van der Waals surface area contributed by atoms with Crippen LogP contribution in [0.4, 0.5) is 21.7 Å². The van der Waals surface area contributed by atoms with Crippen LogP contribution in [-0.4, -0.2) is 15.9 Å². The number of carbonyl (C=O) groups excluding carboxylic acids is 1. The van der Waals surface area contributed by atoms with Crippen LogP contribution in [0.25, 0.3) is 0 Å². The smallest absolute Gasteiger partial charge is 0.258 e. The highest BCUT2D eigenvalue weighted by molar-refractivity contribution is 6.03. The van der Waals surface area contributed by atoms with Gasteiger partial charge >= 0.3 is 0 Å². The Morgan fingerprint density at radius 3 is 2.40 bits per heavy atom. The Morgan fingerprint density at radius 2 is 1.76 bits per heavy atom. The molecule has 2 aromatic carbocycles. The van der Waals surface area contributed by atoms with Gasteiger partial charge in [-0.3, -0.25) is 4.79 Å². The van der Waals surface area contributed by atoms with Gasteiger partial charge in [0.25, 0.3) is 5.91 Å². The van der Waals surface area contributed by atoms with Crippen LogP contribution in [0.15, 0.2) is 60.9 Å². The second-order valence-electron chi connectivity index (χ2n) is 5.07.